The van der Waals surface area contributed by atoms with Crippen LogP contribution in [0.1, 0.15) is 30.9 Å². The molecule has 0 saturated heterocycles. The molecule has 0 nitrogen and oxygen atoms in total. The first-order chi connectivity index (χ1) is 14.5. The Hall–Kier alpha value is -2.21. The maximum absolute atomic E-state index is 4.53. The molecular weight excluding hydrogens is 447 g/mol. The summed E-state index contributed by atoms with van der Waals surface area (Å²) in [5.74, 6) is 0.538. The van der Waals surface area contributed by atoms with Crippen molar-refractivity contribution in [2.24, 2.45) is 0 Å². The second kappa shape index (κ2) is 8.50. The molecule has 0 aromatic heterocycles. The van der Waals surface area contributed by atoms with Crippen LogP contribution in [0.4, 0.5) is 0 Å². The Morgan fingerprint density at radius 2 is 0.933 bits per heavy atom. The summed E-state index contributed by atoms with van der Waals surface area (Å²) in [6.45, 7) is 4.49. The molecule has 2 heteroatoms. The quantitative estimate of drug-likeness (QED) is 0.260. The summed E-state index contributed by atoms with van der Waals surface area (Å²) in [4.78, 5) is 0. The van der Waals surface area contributed by atoms with Gasteiger partial charge in [-0.3, -0.25) is 0 Å². The van der Waals surface area contributed by atoms with Gasteiger partial charge in [-0.25, -0.2) is 0 Å². The molecule has 0 atom stereocenters. The van der Waals surface area contributed by atoms with Crippen LogP contribution in [0.25, 0.3) is 0 Å². The van der Waals surface area contributed by atoms with E-state index < -0.39 is 5.31 Å². The molecule has 4 rings (SSSR count). The molecule has 30 heavy (non-hydrogen) atoms. The van der Waals surface area contributed by atoms with E-state index in [4.69, 9.17) is 0 Å². The number of benzene rings is 4. The first-order valence-corrected chi connectivity index (χ1v) is 14.9. The molecule has 152 valence electrons. The van der Waals surface area contributed by atoms with E-state index in [0.717, 1.165) is 6.16 Å². The van der Waals surface area contributed by atoms with Crippen LogP contribution in [0.5, 0.6) is 0 Å². The fourth-order valence-electron chi connectivity index (χ4n) is 4.29. The minimum atomic E-state index is -2.91. The number of hydrogen-bond acceptors (Lipinski definition) is 0. The molecule has 0 saturated carbocycles. The van der Waals surface area contributed by atoms with Crippen molar-refractivity contribution >= 4 is 36.7 Å². The van der Waals surface area contributed by atoms with Gasteiger partial charge in [0, 0.05) is 0 Å². The Kier molecular flexibility index (Phi) is 5.96. The van der Waals surface area contributed by atoms with Gasteiger partial charge in [-0.05, 0) is 0 Å². The average molecular weight is 475 g/mol. The third kappa shape index (κ3) is 3.66. The van der Waals surface area contributed by atoms with Crippen molar-refractivity contribution < 1.29 is 0 Å². The van der Waals surface area contributed by atoms with Crippen molar-refractivity contribution in [3.05, 3.63) is 126 Å². The summed E-state index contributed by atoms with van der Waals surface area (Å²) in [5.41, 5.74) is 2.73. The number of hydrogen-bond donors (Lipinski definition) is 0. The minimum absolute atomic E-state index is 0.538. The summed E-state index contributed by atoms with van der Waals surface area (Å²) in [5, 5.41) is 1.15. The predicted octanol–water partition coefficient (Wildman–Crippen LogP) is 7.15. The molecule has 0 amide bonds. The van der Waals surface area contributed by atoms with Crippen LogP contribution in [0.2, 0.25) is 0 Å². The SMILES string of the molecule is CC(C)c1ccc(CP(Br)(c2ccccc2)(c2ccccc2)c2ccccc2)cc1. The van der Waals surface area contributed by atoms with Crippen molar-refractivity contribution in [3.63, 3.8) is 0 Å². The van der Waals surface area contributed by atoms with E-state index in [2.05, 4.69) is 145 Å². The molecule has 0 aliphatic carbocycles. The Bertz CT molecular complexity index is 988. The predicted molar refractivity (Wildman–Crippen MR) is 138 cm³/mol. The van der Waals surface area contributed by atoms with E-state index in [1.165, 1.54) is 27.0 Å². The van der Waals surface area contributed by atoms with Gasteiger partial charge in [-0.2, -0.15) is 0 Å². The van der Waals surface area contributed by atoms with Gasteiger partial charge in [-0.1, -0.05) is 0 Å². The van der Waals surface area contributed by atoms with E-state index in [1.807, 2.05) is 0 Å². The van der Waals surface area contributed by atoms with Crippen LogP contribution in [-0.4, -0.2) is 0 Å². The van der Waals surface area contributed by atoms with Gasteiger partial charge in [0.15, 0.2) is 0 Å². The summed E-state index contributed by atoms with van der Waals surface area (Å²) < 4.78 is 0. The van der Waals surface area contributed by atoms with Crippen LogP contribution in [0.3, 0.4) is 0 Å². The zero-order valence-electron chi connectivity index (χ0n) is 17.6. The van der Waals surface area contributed by atoms with Gasteiger partial charge in [0.2, 0.25) is 0 Å². The van der Waals surface area contributed by atoms with Crippen LogP contribution in [0.15, 0.2) is 115 Å². The molecule has 0 radical (unpaired) electrons. The van der Waals surface area contributed by atoms with Gasteiger partial charge in [0.05, 0.1) is 0 Å². The molecule has 0 heterocycles. The van der Waals surface area contributed by atoms with Crippen LogP contribution in [0, 0.1) is 0 Å². The monoisotopic (exact) mass is 474 g/mol. The number of rotatable bonds is 6. The summed E-state index contributed by atoms with van der Waals surface area (Å²) >= 11 is 4.53. The third-order valence-electron chi connectivity index (χ3n) is 6.01. The van der Waals surface area contributed by atoms with E-state index in [-0.39, 0.29) is 0 Å². The molecule has 4 aromatic rings. The van der Waals surface area contributed by atoms with Gasteiger partial charge in [-0.15, -0.1) is 0 Å². The van der Waals surface area contributed by atoms with Gasteiger partial charge < -0.3 is 0 Å². The van der Waals surface area contributed by atoms with E-state index in [1.54, 1.807) is 0 Å². The molecule has 4 aromatic carbocycles. The third-order valence-corrected chi connectivity index (χ3v) is 15.5. The molecule has 0 aliphatic heterocycles. The maximum atomic E-state index is 4.53. The van der Waals surface area contributed by atoms with E-state index in [9.17, 15) is 0 Å². The van der Waals surface area contributed by atoms with E-state index in [0.29, 0.717) is 5.92 Å². The fraction of sp³-hybridized carbons (Fsp3) is 0.143. The molecule has 0 spiro atoms. The summed E-state index contributed by atoms with van der Waals surface area (Å²) in [6.07, 6.45) is 0.933. The zero-order chi connectivity index (χ0) is 21.1. The molecule has 0 unspecified atom stereocenters. The second-order valence-corrected chi connectivity index (χ2v) is 17.2. The molecule has 0 aliphatic rings. The first kappa shape index (κ1) is 21.0. The molecular formula is C28H28BrP. The zero-order valence-corrected chi connectivity index (χ0v) is 20.1. The van der Waals surface area contributed by atoms with E-state index >= 15 is 0 Å². The van der Waals surface area contributed by atoms with Crippen LogP contribution >= 0.6 is 20.8 Å². The Balaban J connectivity index is 2.01. The second-order valence-electron chi connectivity index (χ2n) is 8.24. The molecule has 0 fully saturated rings. The van der Waals surface area contributed by atoms with Crippen LogP contribution < -0.4 is 15.9 Å². The Morgan fingerprint density at radius 1 is 0.567 bits per heavy atom. The van der Waals surface area contributed by atoms with Crippen LogP contribution in [-0.2, 0) is 6.16 Å². The normalized spacial score (nSPS) is 13.0. The van der Waals surface area contributed by atoms with Crippen molar-refractivity contribution in [3.8, 4) is 0 Å². The van der Waals surface area contributed by atoms with Gasteiger partial charge >= 0.3 is 189 Å². The van der Waals surface area contributed by atoms with Crippen molar-refractivity contribution in [1.82, 2.24) is 0 Å². The Labute approximate surface area is 188 Å². The van der Waals surface area contributed by atoms with Crippen molar-refractivity contribution in [2.45, 2.75) is 25.9 Å². The Morgan fingerprint density at radius 3 is 1.27 bits per heavy atom. The molecule has 0 N–H and O–H groups in total. The standard InChI is InChI=1S/C28H28BrP/c1-23(2)25-20-18-24(19-21-25)22-30(29,26-12-6-3-7-13-26,27-14-8-4-9-15-27)28-16-10-5-11-17-28/h3-21,23H,22H2,1-2H3. The summed E-state index contributed by atoms with van der Waals surface area (Å²) in [6, 6.07) is 42.2. The van der Waals surface area contributed by atoms with Crippen molar-refractivity contribution in [2.75, 3.05) is 0 Å². The van der Waals surface area contributed by atoms with Crippen molar-refractivity contribution in [1.29, 1.82) is 0 Å². The number of halogens is 1. The molecule has 0 bridgehead atoms. The fourth-order valence-corrected chi connectivity index (χ4v) is 12.0. The first-order valence-electron chi connectivity index (χ1n) is 10.5. The average Bonchev–Trinajstić information content (AvgIpc) is 2.81. The van der Waals surface area contributed by atoms with Gasteiger partial charge in [0.1, 0.15) is 0 Å². The summed E-state index contributed by atoms with van der Waals surface area (Å²) in [7, 11) is 0. The topological polar surface area (TPSA) is 0 Å². The van der Waals surface area contributed by atoms with Gasteiger partial charge in [0.25, 0.3) is 0 Å².